The smallest absolute Gasteiger partial charge is 0.315 e. The number of urea groups is 1. The minimum Gasteiger partial charge on any atom is -0.338 e. The third-order valence-corrected chi connectivity index (χ3v) is 4.78. The molecule has 1 aromatic heterocycles. The lowest BCUT2D eigenvalue weighted by Crippen LogP contribution is -2.40. The lowest BCUT2D eigenvalue weighted by atomic mass is 10.2. The average molecular weight is 342 g/mol. The highest BCUT2D eigenvalue weighted by Gasteiger charge is 2.19. The Labute approximate surface area is 138 Å². The maximum absolute atomic E-state index is 11.8. The van der Waals surface area contributed by atoms with E-state index in [-0.39, 0.29) is 18.1 Å². The molecule has 0 aromatic carbocycles. The predicted molar refractivity (Wildman–Crippen MR) is 90.5 cm³/mol. The minimum absolute atomic E-state index is 0.0944. The van der Waals surface area contributed by atoms with Gasteiger partial charge in [0.05, 0.1) is 18.0 Å². The molecule has 1 atom stereocenters. The average Bonchev–Trinajstić information content (AvgIpc) is 2.46. The second-order valence-corrected chi connectivity index (χ2v) is 7.63. The normalized spacial score (nSPS) is 13.1. The van der Waals surface area contributed by atoms with Crippen molar-refractivity contribution in [2.45, 2.75) is 39.3 Å². The molecule has 0 saturated carbocycles. The fourth-order valence-electron chi connectivity index (χ4n) is 2.20. The van der Waals surface area contributed by atoms with Crippen molar-refractivity contribution in [1.29, 1.82) is 0 Å². The highest BCUT2D eigenvalue weighted by atomic mass is 32.2. The van der Waals surface area contributed by atoms with E-state index in [0.717, 1.165) is 5.69 Å². The molecule has 0 aliphatic rings. The van der Waals surface area contributed by atoms with Crippen LogP contribution in [0.15, 0.2) is 24.4 Å². The Hall–Kier alpha value is -1.67. The van der Waals surface area contributed by atoms with Crippen LogP contribution in [-0.4, -0.2) is 49.1 Å². The molecule has 0 saturated heterocycles. The molecule has 8 heteroatoms. The van der Waals surface area contributed by atoms with Crippen LogP contribution in [0.3, 0.4) is 0 Å². The molecule has 2 amide bonds. The Morgan fingerprint density at radius 1 is 1.30 bits per heavy atom. The van der Waals surface area contributed by atoms with Gasteiger partial charge in [-0.2, -0.15) is 4.31 Å². The number of pyridine rings is 1. The second kappa shape index (κ2) is 8.83. The van der Waals surface area contributed by atoms with Gasteiger partial charge in [0.2, 0.25) is 10.0 Å². The molecule has 0 bridgehead atoms. The Morgan fingerprint density at radius 3 is 2.52 bits per heavy atom. The molecule has 0 fully saturated rings. The lowest BCUT2D eigenvalue weighted by molar-refractivity contribution is 0.237. The van der Waals surface area contributed by atoms with E-state index < -0.39 is 10.0 Å². The topological polar surface area (TPSA) is 91.4 Å². The predicted octanol–water partition coefficient (Wildman–Crippen LogP) is 1.50. The number of hydrogen-bond donors (Lipinski definition) is 2. The number of amides is 2. The monoisotopic (exact) mass is 342 g/mol. The van der Waals surface area contributed by atoms with E-state index in [1.807, 2.05) is 39.0 Å². The van der Waals surface area contributed by atoms with Crippen LogP contribution in [0.25, 0.3) is 0 Å². The number of nitrogens with zero attached hydrogens (tertiary/aromatic N) is 2. The van der Waals surface area contributed by atoms with E-state index in [1.165, 1.54) is 10.6 Å². The summed E-state index contributed by atoms with van der Waals surface area (Å²) in [4.78, 5) is 16.0. The Morgan fingerprint density at radius 2 is 2.00 bits per heavy atom. The van der Waals surface area contributed by atoms with Crippen molar-refractivity contribution in [2.75, 3.05) is 19.3 Å². The number of rotatable bonds is 8. The molecule has 2 N–H and O–H groups in total. The maximum Gasteiger partial charge on any atom is 0.315 e. The molecule has 0 radical (unpaired) electrons. The summed E-state index contributed by atoms with van der Waals surface area (Å²) < 4.78 is 24.7. The van der Waals surface area contributed by atoms with E-state index >= 15 is 0 Å². The molecule has 130 valence electrons. The Balaban J connectivity index is 2.34. The van der Waals surface area contributed by atoms with Crippen molar-refractivity contribution in [2.24, 2.45) is 0 Å². The molecule has 1 heterocycles. The van der Waals surface area contributed by atoms with Gasteiger partial charge in [-0.3, -0.25) is 4.98 Å². The third-order valence-electron chi connectivity index (χ3n) is 3.32. The number of hydrogen-bond acceptors (Lipinski definition) is 4. The van der Waals surface area contributed by atoms with Gasteiger partial charge in [0.1, 0.15) is 0 Å². The van der Waals surface area contributed by atoms with Crippen molar-refractivity contribution >= 4 is 16.1 Å². The molecular weight excluding hydrogens is 316 g/mol. The molecule has 23 heavy (non-hydrogen) atoms. The number of carbonyl (C=O) groups is 1. The zero-order valence-corrected chi connectivity index (χ0v) is 14.9. The minimum atomic E-state index is -3.22. The van der Waals surface area contributed by atoms with Crippen molar-refractivity contribution in [3.05, 3.63) is 30.1 Å². The van der Waals surface area contributed by atoms with E-state index in [1.54, 1.807) is 6.20 Å². The van der Waals surface area contributed by atoms with Gasteiger partial charge >= 0.3 is 6.03 Å². The van der Waals surface area contributed by atoms with Gasteiger partial charge in [-0.15, -0.1) is 0 Å². The Kier molecular flexibility index (Phi) is 7.44. The van der Waals surface area contributed by atoms with E-state index in [9.17, 15) is 13.2 Å². The second-order valence-electron chi connectivity index (χ2n) is 5.70. The molecule has 0 aliphatic carbocycles. The van der Waals surface area contributed by atoms with Gasteiger partial charge < -0.3 is 10.6 Å². The highest BCUT2D eigenvalue weighted by molar-refractivity contribution is 7.88. The van der Waals surface area contributed by atoms with Crippen LogP contribution in [0.1, 0.15) is 38.9 Å². The summed E-state index contributed by atoms with van der Waals surface area (Å²) in [6, 6.07) is 4.95. The summed E-state index contributed by atoms with van der Waals surface area (Å²) >= 11 is 0. The fraction of sp³-hybridized carbons (Fsp3) is 0.600. The summed E-state index contributed by atoms with van der Waals surface area (Å²) in [5.41, 5.74) is 0.783. The molecular formula is C15H26N4O3S. The maximum atomic E-state index is 11.8. The largest absolute Gasteiger partial charge is 0.338 e. The first-order valence-electron chi connectivity index (χ1n) is 7.64. The summed E-state index contributed by atoms with van der Waals surface area (Å²) in [6.45, 7) is 6.30. The zero-order valence-electron chi connectivity index (χ0n) is 14.1. The van der Waals surface area contributed by atoms with Gasteiger partial charge in [-0.1, -0.05) is 6.07 Å². The van der Waals surface area contributed by atoms with Gasteiger partial charge in [0, 0.05) is 25.3 Å². The van der Waals surface area contributed by atoms with Crippen molar-refractivity contribution in [3.8, 4) is 0 Å². The molecule has 1 aromatic rings. The van der Waals surface area contributed by atoms with Crippen molar-refractivity contribution < 1.29 is 13.2 Å². The first-order valence-corrected chi connectivity index (χ1v) is 9.48. The number of sulfonamides is 1. The van der Waals surface area contributed by atoms with Crippen LogP contribution in [0.2, 0.25) is 0 Å². The fourth-order valence-corrected chi connectivity index (χ4v) is 3.42. The first kappa shape index (κ1) is 19.4. The number of carbonyl (C=O) groups excluding carboxylic acids is 1. The highest BCUT2D eigenvalue weighted by Crippen LogP contribution is 2.07. The van der Waals surface area contributed by atoms with Crippen LogP contribution in [0, 0.1) is 0 Å². The summed E-state index contributed by atoms with van der Waals surface area (Å²) in [5, 5.41) is 5.52. The van der Waals surface area contributed by atoms with Crippen LogP contribution in [-0.2, 0) is 10.0 Å². The van der Waals surface area contributed by atoms with Gasteiger partial charge in [0.15, 0.2) is 0 Å². The van der Waals surface area contributed by atoms with Crippen molar-refractivity contribution in [1.82, 2.24) is 19.9 Å². The third kappa shape index (κ3) is 6.96. The van der Waals surface area contributed by atoms with Gasteiger partial charge in [0.25, 0.3) is 0 Å². The molecule has 0 spiro atoms. The lowest BCUT2D eigenvalue weighted by Gasteiger charge is -2.23. The van der Waals surface area contributed by atoms with E-state index in [2.05, 4.69) is 15.6 Å². The quantitative estimate of drug-likeness (QED) is 0.701. The standard InChI is InChI=1S/C15H26N4O3S/c1-12(2)19(23(4,21)22)11-7-10-17-15(20)18-13(3)14-8-5-6-9-16-14/h5-6,8-9,12-13H,7,10-11H2,1-4H3,(H2,17,18,20)/t13-/m1/s1. The van der Waals surface area contributed by atoms with Crippen LogP contribution >= 0.6 is 0 Å². The SMILES string of the molecule is CC(C)N(CCCNC(=O)N[C@H](C)c1ccccn1)S(C)(=O)=O. The molecule has 0 aliphatic heterocycles. The van der Waals surface area contributed by atoms with Crippen molar-refractivity contribution in [3.63, 3.8) is 0 Å². The van der Waals surface area contributed by atoms with E-state index in [4.69, 9.17) is 0 Å². The first-order chi connectivity index (χ1) is 10.7. The summed E-state index contributed by atoms with van der Waals surface area (Å²) in [7, 11) is -3.22. The van der Waals surface area contributed by atoms with Crippen LogP contribution < -0.4 is 10.6 Å². The van der Waals surface area contributed by atoms with Crippen LogP contribution in [0.5, 0.6) is 0 Å². The van der Waals surface area contributed by atoms with Crippen LogP contribution in [0.4, 0.5) is 4.79 Å². The number of aromatic nitrogens is 1. The molecule has 7 nitrogen and oxygen atoms in total. The Bertz CT molecular complexity index is 590. The van der Waals surface area contributed by atoms with Gasteiger partial charge in [-0.25, -0.2) is 13.2 Å². The zero-order chi connectivity index (χ0) is 17.5. The van der Waals surface area contributed by atoms with Gasteiger partial charge in [-0.05, 0) is 39.3 Å². The molecule has 1 rings (SSSR count). The van der Waals surface area contributed by atoms with E-state index in [0.29, 0.717) is 19.5 Å². The molecule has 0 unspecified atom stereocenters. The number of nitrogens with one attached hydrogen (secondary N) is 2. The summed E-state index contributed by atoms with van der Waals surface area (Å²) in [5.74, 6) is 0. The summed E-state index contributed by atoms with van der Waals surface area (Å²) in [6.07, 6.45) is 3.43.